The summed E-state index contributed by atoms with van der Waals surface area (Å²) in [6.07, 6.45) is 6.85. The number of anilines is 1. The molecular weight excluding hydrogens is 284 g/mol. The van der Waals surface area contributed by atoms with E-state index in [9.17, 15) is 8.42 Å². The number of nitrogens with two attached hydrogens (primary N) is 1. The average Bonchev–Trinajstić information content (AvgIpc) is 2.45. The molecule has 4 nitrogen and oxygen atoms in total. The highest BCUT2D eigenvalue weighted by molar-refractivity contribution is 7.88. The summed E-state index contributed by atoms with van der Waals surface area (Å²) in [5.74, 6) is 0.487. The second-order valence-electron chi connectivity index (χ2n) is 6.03. The number of nitrogen functional groups attached to an aromatic ring is 1. The summed E-state index contributed by atoms with van der Waals surface area (Å²) >= 11 is 0. The van der Waals surface area contributed by atoms with Gasteiger partial charge in [-0.25, -0.2) is 13.1 Å². The summed E-state index contributed by atoms with van der Waals surface area (Å²) in [7, 11) is -3.32. The molecule has 21 heavy (non-hydrogen) atoms. The first-order chi connectivity index (χ1) is 10.00. The third kappa shape index (κ3) is 5.00. The van der Waals surface area contributed by atoms with Gasteiger partial charge in [-0.1, -0.05) is 38.3 Å². The van der Waals surface area contributed by atoms with Gasteiger partial charge in [0.15, 0.2) is 0 Å². The maximum atomic E-state index is 12.4. The highest BCUT2D eigenvalue weighted by Gasteiger charge is 2.26. The Morgan fingerprint density at radius 2 is 2.00 bits per heavy atom. The molecule has 0 bridgehead atoms. The quantitative estimate of drug-likeness (QED) is 0.793. The molecule has 0 amide bonds. The van der Waals surface area contributed by atoms with E-state index >= 15 is 0 Å². The zero-order chi connectivity index (χ0) is 15.3. The van der Waals surface area contributed by atoms with Gasteiger partial charge in [0, 0.05) is 11.7 Å². The van der Waals surface area contributed by atoms with Crippen LogP contribution in [0, 0.1) is 5.92 Å². The van der Waals surface area contributed by atoms with E-state index in [-0.39, 0.29) is 11.8 Å². The topological polar surface area (TPSA) is 72.2 Å². The standard InChI is InChI=1S/C16H26N2O2S/c1-2-16(14-8-4-3-5-9-14)18-21(19,20)12-13-7-6-10-15(17)11-13/h6-7,10-11,14,16,18H,2-5,8-9,12,17H2,1H3. The molecule has 0 aromatic heterocycles. The molecule has 1 fully saturated rings. The average molecular weight is 310 g/mol. The minimum atomic E-state index is -3.32. The van der Waals surface area contributed by atoms with Crippen LogP contribution < -0.4 is 10.5 Å². The van der Waals surface area contributed by atoms with Gasteiger partial charge in [-0.15, -0.1) is 0 Å². The summed E-state index contributed by atoms with van der Waals surface area (Å²) in [5.41, 5.74) is 7.04. The Balaban J connectivity index is 2.01. The number of sulfonamides is 1. The van der Waals surface area contributed by atoms with Crippen molar-refractivity contribution in [1.82, 2.24) is 4.72 Å². The number of nitrogens with one attached hydrogen (secondary N) is 1. The first-order valence-corrected chi connectivity index (χ1v) is 9.50. The third-order valence-electron chi connectivity index (χ3n) is 4.30. The highest BCUT2D eigenvalue weighted by Crippen LogP contribution is 2.28. The lowest BCUT2D eigenvalue weighted by Crippen LogP contribution is -2.41. The first kappa shape index (κ1) is 16.3. The normalized spacial score (nSPS) is 18.5. The third-order valence-corrected chi connectivity index (χ3v) is 5.67. The summed E-state index contributed by atoms with van der Waals surface area (Å²) in [4.78, 5) is 0. The van der Waals surface area contributed by atoms with Crippen LogP contribution in [0.4, 0.5) is 5.69 Å². The Bertz CT molecular complexity index is 551. The Kier molecular flexibility index (Phi) is 5.65. The lowest BCUT2D eigenvalue weighted by atomic mass is 9.83. The van der Waals surface area contributed by atoms with E-state index in [2.05, 4.69) is 11.6 Å². The van der Waals surface area contributed by atoms with Gasteiger partial charge in [-0.2, -0.15) is 0 Å². The molecule has 1 aliphatic rings. The predicted octanol–water partition coefficient (Wildman–Crippen LogP) is 3.05. The van der Waals surface area contributed by atoms with Gasteiger partial charge in [0.1, 0.15) is 0 Å². The molecule has 0 heterocycles. The van der Waals surface area contributed by atoms with E-state index in [0.717, 1.165) is 24.8 Å². The van der Waals surface area contributed by atoms with Crippen LogP contribution in [-0.4, -0.2) is 14.5 Å². The highest BCUT2D eigenvalue weighted by atomic mass is 32.2. The molecule has 3 N–H and O–H groups in total. The van der Waals surface area contributed by atoms with Gasteiger partial charge < -0.3 is 5.73 Å². The molecule has 1 aromatic carbocycles. The van der Waals surface area contributed by atoms with E-state index in [1.165, 1.54) is 19.3 Å². The molecule has 2 rings (SSSR count). The van der Waals surface area contributed by atoms with E-state index in [0.29, 0.717) is 11.6 Å². The van der Waals surface area contributed by atoms with Gasteiger partial charge in [0.25, 0.3) is 0 Å². The predicted molar refractivity (Wildman–Crippen MR) is 87.3 cm³/mol. The van der Waals surface area contributed by atoms with Crippen molar-refractivity contribution < 1.29 is 8.42 Å². The van der Waals surface area contributed by atoms with Crippen molar-refractivity contribution in [3.05, 3.63) is 29.8 Å². The monoisotopic (exact) mass is 310 g/mol. The molecule has 0 spiro atoms. The molecule has 1 unspecified atom stereocenters. The van der Waals surface area contributed by atoms with Crippen molar-refractivity contribution in [2.75, 3.05) is 5.73 Å². The Labute approximate surface area is 128 Å². The van der Waals surface area contributed by atoms with Crippen LogP contribution >= 0.6 is 0 Å². The summed E-state index contributed by atoms with van der Waals surface area (Å²) in [5, 5.41) is 0. The van der Waals surface area contributed by atoms with Crippen LogP contribution in [0.15, 0.2) is 24.3 Å². The van der Waals surface area contributed by atoms with E-state index in [1.807, 2.05) is 0 Å². The van der Waals surface area contributed by atoms with Crippen molar-refractivity contribution in [1.29, 1.82) is 0 Å². The fourth-order valence-corrected chi connectivity index (χ4v) is 4.75. The molecule has 5 heteroatoms. The Hall–Kier alpha value is -1.07. The largest absolute Gasteiger partial charge is 0.399 e. The van der Waals surface area contributed by atoms with Gasteiger partial charge in [0.2, 0.25) is 10.0 Å². The van der Waals surface area contributed by atoms with Crippen LogP contribution in [0.2, 0.25) is 0 Å². The lowest BCUT2D eigenvalue weighted by Gasteiger charge is -2.30. The molecule has 1 aromatic rings. The summed E-state index contributed by atoms with van der Waals surface area (Å²) < 4.78 is 27.7. The smallest absolute Gasteiger partial charge is 0.216 e. The van der Waals surface area contributed by atoms with E-state index in [1.54, 1.807) is 24.3 Å². The zero-order valence-corrected chi connectivity index (χ0v) is 13.5. The van der Waals surface area contributed by atoms with Crippen LogP contribution in [-0.2, 0) is 15.8 Å². The number of hydrogen-bond donors (Lipinski definition) is 2. The van der Waals surface area contributed by atoms with Crippen LogP contribution in [0.3, 0.4) is 0 Å². The van der Waals surface area contributed by atoms with Gasteiger partial charge in [-0.3, -0.25) is 0 Å². The fraction of sp³-hybridized carbons (Fsp3) is 0.625. The van der Waals surface area contributed by atoms with Crippen LogP contribution in [0.1, 0.15) is 51.0 Å². The molecular formula is C16H26N2O2S. The maximum absolute atomic E-state index is 12.4. The minimum absolute atomic E-state index is 0.00125. The van der Waals surface area contributed by atoms with Crippen molar-refractivity contribution in [2.45, 2.75) is 57.2 Å². The van der Waals surface area contributed by atoms with Crippen molar-refractivity contribution >= 4 is 15.7 Å². The molecule has 118 valence electrons. The van der Waals surface area contributed by atoms with Crippen molar-refractivity contribution in [2.24, 2.45) is 5.92 Å². The van der Waals surface area contributed by atoms with E-state index in [4.69, 9.17) is 5.73 Å². The zero-order valence-electron chi connectivity index (χ0n) is 12.7. The second kappa shape index (κ2) is 7.27. The summed E-state index contributed by atoms with van der Waals surface area (Å²) in [6, 6.07) is 7.15. The second-order valence-corrected chi connectivity index (χ2v) is 7.79. The molecule has 0 saturated heterocycles. The Morgan fingerprint density at radius 1 is 1.29 bits per heavy atom. The summed E-state index contributed by atoms with van der Waals surface area (Å²) in [6.45, 7) is 2.06. The van der Waals surface area contributed by atoms with Crippen LogP contribution in [0.25, 0.3) is 0 Å². The fourth-order valence-electron chi connectivity index (χ4n) is 3.22. The number of rotatable bonds is 6. The number of hydrogen-bond acceptors (Lipinski definition) is 3. The lowest BCUT2D eigenvalue weighted by molar-refractivity contribution is 0.285. The SMILES string of the molecule is CCC(NS(=O)(=O)Cc1cccc(N)c1)C1CCCCC1. The number of benzene rings is 1. The molecule has 1 atom stereocenters. The minimum Gasteiger partial charge on any atom is -0.399 e. The van der Waals surface area contributed by atoms with Gasteiger partial charge in [-0.05, 0) is 42.9 Å². The first-order valence-electron chi connectivity index (χ1n) is 7.84. The molecule has 0 aliphatic heterocycles. The Morgan fingerprint density at radius 3 is 2.62 bits per heavy atom. The van der Waals surface area contributed by atoms with Crippen molar-refractivity contribution in [3.8, 4) is 0 Å². The van der Waals surface area contributed by atoms with Crippen LogP contribution in [0.5, 0.6) is 0 Å². The molecule has 0 radical (unpaired) electrons. The molecule has 1 aliphatic carbocycles. The van der Waals surface area contributed by atoms with E-state index < -0.39 is 10.0 Å². The van der Waals surface area contributed by atoms with Crippen molar-refractivity contribution in [3.63, 3.8) is 0 Å². The van der Waals surface area contributed by atoms with Gasteiger partial charge >= 0.3 is 0 Å². The van der Waals surface area contributed by atoms with Gasteiger partial charge in [0.05, 0.1) is 5.75 Å². The molecule has 1 saturated carbocycles. The maximum Gasteiger partial charge on any atom is 0.216 e.